The van der Waals surface area contributed by atoms with Crippen molar-refractivity contribution in [2.75, 3.05) is 30.5 Å². The van der Waals surface area contributed by atoms with Crippen LogP contribution >= 0.6 is 24.2 Å². The number of nitrogens with zero attached hydrogens (tertiary/aromatic N) is 2. The van der Waals surface area contributed by atoms with Crippen molar-refractivity contribution in [2.24, 2.45) is 0 Å². The number of nitrogens with one attached hydrogen (secondary N) is 2. The van der Waals surface area contributed by atoms with Gasteiger partial charge in [-0.1, -0.05) is 12.1 Å². The van der Waals surface area contributed by atoms with Crippen molar-refractivity contribution in [3.63, 3.8) is 0 Å². The van der Waals surface area contributed by atoms with Crippen molar-refractivity contribution in [3.8, 4) is 11.4 Å². The summed E-state index contributed by atoms with van der Waals surface area (Å²) in [4.78, 5) is 17.2. The maximum absolute atomic E-state index is 12.6. The Labute approximate surface area is 174 Å². The molecule has 148 valence electrons. The van der Waals surface area contributed by atoms with E-state index in [9.17, 15) is 4.79 Å². The molecule has 1 aliphatic heterocycles. The maximum atomic E-state index is 12.6. The van der Waals surface area contributed by atoms with Crippen LogP contribution in [0.2, 0.25) is 0 Å². The Hall–Kier alpha value is -2.22. The van der Waals surface area contributed by atoms with E-state index in [4.69, 9.17) is 4.74 Å². The summed E-state index contributed by atoms with van der Waals surface area (Å²) in [5.74, 6) is 3.36. The summed E-state index contributed by atoms with van der Waals surface area (Å²) in [6, 6.07) is 15.8. The minimum absolute atomic E-state index is 0. The van der Waals surface area contributed by atoms with Gasteiger partial charge in [0.1, 0.15) is 5.75 Å². The van der Waals surface area contributed by atoms with E-state index in [1.54, 1.807) is 7.11 Å². The lowest BCUT2D eigenvalue weighted by atomic mass is 10.2. The van der Waals surface area contributed by atoms with E-state index in [-0.39, 0.29) is 24.4 Å². The summed E-state index contributed by atoms with van der Waals surface area (Å²) in [7, 11) is 1.64. The van der Waals surface area contributed by atoms with Crippen LogP contribution in [0.1, 0.15) is 6.42 Å². The van der Waals surface area contributed by atoms with Crippen molar-refractivity contribution >= 4 is 47.1 Å². The van der Waals surface area contributed by atoms with Gasteiger partial charge in [-0.05, 0) is 36.4 Å². The number of ether oxygens (including phenoxy) is 1. The number of carbonyl (C=O) groups excluding carboxylic acids is 1. The molecular weight excluding hydrogens is 396 g/mol. The third-order valence-corrected chi connectivity index (χ3v) is 5.70. The van der Waals surface area contributed by atoms with E-state index in [2.05, 4.69) is 15.6 Å². The number of rotatable bonds is 5. The van der Waals surface area contributed by atoms with E-state index < -0.39 is 0 Å². The molecule has 2 N–H and O–H groups in total. The normalized spacial score (nSPS) is 16.4. The maximum Gasteiger partial charge on any atom is 0.228 e. The van der Waals surface area contributed by atoms with Gasteiger partial charge in [0.15, 0.2) is 0 Å². The quantitative estimate of drug-likeness (QED) is 0.663. The number of hydrogen-bond acceptors (Lipinski definition) is 5. The second-order valence-corrected chi connectivity index (χ2v) is 7.59. The number of fused-ring (bicyclic) bond motifs is 1. The molecule has 1 amide bonds. The van der Waals surface area contributed by atoms with Gasteiger partial charge in [0.05, 0.1) is 18.1 Å². The molecule has 4 rings (SSSR count). The van der Waals surface area contributed by atoms with Gasteiger partial charge in [0.25, 0.3) is 0 Å². The molecule has 1 atom stereocenters. The number of methoxy groups -OCH3 is 1. The SMILES string of the molecule is COc1ccc(-n2c(NC(=O)CC3CSCCN3)nc3ccccc32)cc1.Cl. The van der Waals surface area contributed by atoms with Gasteiger partial charge in [-0.3, -0.25) is 14.7 Å². The molecule has 0 bridgehead atoms. The molecule has 1 aromatic heterocycles. The largest absolute Gasteiger partial charge is 0.497 e. The molecule has 2 aromatic carbocycles. The van der Waals surface area contributed by atoms with Crippen molar-refractivity contribution < 1.29 is 9.53 Å². The van der Waals surface area contributed by atoms with Gasteiger partial charge < -0.3 is 10.1 Å². The zero-order valence-electron chi connectivity index (χ0n) is 15.6. The summed E-state index contributed by atoms with van der Waals surface area (Å²) in [6.45, 7) is 0.951. The fraction of sp³-hybridized carbons (Fsp3) is 0.300. The number of halogens is 1. The molecule has 1 fully saturated rings. The molecule has 1 aliphatic rings. The summed E-state index contributed by atoms with van der Waals surface area (Å²) in [5, 5.41) is 6.41. The number of anilines is 1. The van der Waals surface area contributed by atoms with Crippen LogP contribution in [-0.4, -0.2) is 46.7 Å². The Morgan fingerprint density at radius 2 is 2.07 bits per heavy atom. The molecule has 0 radical (unpaired) electrons. The predicted octanol–water partition coefficient (Wildman–Crippen LogP) is 3.49. The van der Waals surface area contributed by atoms with Crippen LogP contribution in [0.3, 0.4) is 0 Å². The third kappa shape index (κ3) is 4.43. The molecule has 6 nitrogen and oxygen atoms in total. The minimum Gasteiger partial charge on any atom is -0.497 e. The van der Waals surface area contributed by atoms with E-state index >= 15 is 0 Å². The number of imidazole rings is 1. The first-order chi connectivity index (χ1) is 13.2. The van der Waals surface area contributed by atoms with Gasteiger partial charge in [0.2, 0.25) is 11.9 Å². The van der Waals surface area contributed by atoms with Crippen LogP contribution in [0.15, 0.2) is 48.5 Å². The zero-order chi connectivity index (χ0) is 18.6. The van der Waals surface area contributed by atoms with Crippen molar-refractivity contribution in [2.45, 2.75) is 12.5 Å². The topological polar surface area (TPSA) is 68.2 Å². The van der Waals surface area contributed by atoms with Crippen LogP contribution in [0.5, 0.6) is 5.75 Å². The molecule has 2 heterocycles. The van der Waals surface area contributed by atoms with Crippen molar-refractivity contribution in [1.29, 1.82) is 0 Å². The molecule has 0 aliphatic carbocycles. The van der Waals surface area contributed by atoms with Crippen LogP contribution < -0.4 is 15.4 Å². The van der Waals surface area contributed by atoms with E-state index in [0.29, 0.717) is 12.4 Å². The highest BCUT2D eigenvalue weighted by atomic mass is 35.5. The monoisotopic (exact) mass is 418 g/mol. The van der Waals surface area contributed by atoms with Gasteiger partial charge in [0, 0.05) is 36.2 Å². The van der Waals surface area contributed by atoms with Crippen LogP contribution in [0.4, 0.5) is 5.95 Å². The van der Waals surface area contributed by atoms with E-state index in [0.717, 1.165) is 40.5 Å². The van der Waals surface area contributed by atoms with Crippen molar-refractivity contribution in [3.05, 3.63) is 48.5 Å². The molecular formula is C20H23ClN4O2S. The third-order valence-electron chi connectivity index (χ3n) is 4.57. The number of para-hydroxylation sites is 2. The number of benzene rings is 2. The van der Waals surface area contributed by atoms with Gasteiger partial charge in [-0.25, -0.2) is 4.98 Å². The second kappa shape index (κ2) is 9.32. The Balaban J connectivity index is 0.00000225. The highest BCUT2D eigenvalue weighted by Crippen LogP contribution is 2.26. The van der Waals surface area contributed by atoms with Gasteiger partial charge in [-0.2, -0.15) is 11.8 Å². The lowest BCUT2D eigenvalue weighted by Crippen LogP contribution is -2.40. The molecule has 1 saturated heterocycles. The van der Waals surface area contributed by atoms with E-state index in [1.807, 2.05) is 64.9 Å². The fourth-order valence-corrected chi connectivity index (χ4v) is 4.20. The number of hydrogen-bond donors (Lipinski definition) is 2. The first kappa shape index (κ1) is 20.5. The number of carbonyl (C=O) groups is 1. The predicted molar refractivity (Wildman–Crippen MR) is 117 cm³/mol. The molecule has 28 heavy (non-hydrogen) atoms. The lowest BCUT2D eigenvalue weighted by molar-refractivity contribution is -0.116. The average Bonchev–Trinajstić information content (AvgIpc) is 3.06. The smallest absolute Gasteiger partial charge is 0.228 e. The Kier molecular flexibility index (Phi) is 6.83. The standard InChI is InChI=1S/C20H22N4O2S.ClH/c1-26-16-8-6-15(7-9-16)24-18-5-3-2-4-17(18)22-20(24)23-19(25)12-14-13-27-11-10-21-14;/h2-9,14,21H,10-13H2,1H3,(H,22,23,25);1H. The van der Waals surface area contributed by atoms with Gasteiger partial charge >= 0.3 is 0 Å². The highest BCUT2D eigenvalue weighted by Gasteiger charge is 2.19. The Morgan fingerprint density at radius 1 is 1.29 bits per heavy atom. The van der Waals surface area contributed by atoms with Crippen LogP contribution in [0, 0.1) is 0 Å². The zero-order valence-corrected chi connectivity index (χ0v) is 17.2. The molecule has 0 spiro atoms. The minimum atomic E-state index is -0.0277. The molecule has 1 unspecified atom stereocenters. The number of amides is 1. The van der Waals surface area contributed by atoms with Crippen LogP contribution in [-0.2, 0) is 4.79 Å². The number of thioether (sulfide) groups is 1. The van der Waals surface area contributed by atoms with Gasteiger partial charge in [-0.15, -0.1) is 12.4 Å². The molecule has 8 heteroatoms. The summed E-state index contributed by atoms with van der Waals surface area (Å²) >= 11 is 1.88. The highest BCUT2D eigenvalue weighted by molar-refractivity contribution is 7.99. The average molecular weight is 419 g/mol. The Bertz CT molecular complexity index is 939. The second-order valence-electron chi connectivity index (χ2n) is 6.44. The Morgan fingerprint density at radius 3 is 2.79 bits per heavy atom. The van der Waals surface area contributed by atoms with Crippen LogP contribution in [0.25, 0.3) is 16.7 Å². The van der Waals surface area contributed by atoms with E-state index in [1.165, 1.54) is 0 Å². The summed E-state index contributed by atoms with van der Waals surface area (Å²) in [6.07, 6.45) is 0.443. The summed E-state index contributed by atoms with van der Waals surface area (Å²) < 4.78 is 7.22. The lowest BCUT2D eigenvalue weighted by Gasteiger charge is -2.22. The molecule has 0 saturated carbocycles. The number of aromatic nitrogens is 2. The fourth-order valence-electron chi connectivity index (χ4n) is 3.25. The first-order valence-corrected chi connectivity index (χ1v) is 10.1. The summed E-state index contributed by atoms with van der Waals surface area (Å²) in [5.41, 5.74) is 2.71. The molecule has 3 aromatic rings. The van der Waals surface area contributed by atoms with Crippen molar-refractivity contribution in [1.82, 2.24) is 14.9 Å². The first-order valence-electron chi connectivity index (χ1n) is 8.97.